The number of anilines is 2. The number of halogens is 4. The topological polar surface area (TPSA) is 162 Å². The molecule has 2 aliphatic heterocycles. The Morgan fingerprint density at radius 1 is 1.09 bits per heavy atom. The fourth-order valence-electron chi connectivity index (χ4n) is 6.77. The van der Waals surface area contributed by atoms with Gasteiger partial charge in [-0.3, -0.25) is 18.8 Å². The van der Waals surface area contributed by atoms with Crippen molar-refractivity contribution in [2.24, 2.45) is 11.8 Å². The zero-order chi connectivity index (χ0) is 37.8. The molecule has 53 heavy (non-hydrogen) atoms. The number of nitrogens with zero attached hydrogens (tertiary/aromatic N) is 4. The van der Waals surface area contributed by atoms with Crippen LogP contribution in [0.5, 0.6) is 5.75 Å². The summed E-state index contributed by atoms with van der Waals surface area (Å²) in [6, 6.07) is 6.35. The molecule has 0 spiro atoms. The van der Waals surface area contributed by atoms with Gasteiger partial charge in [-0.15, -0.1) is 0 Å². The third-order valence-corrected chi connectivity index (χ3v) is 9.71. The Morgan fingerprint density at radius 2 is 1.87 bits per heavy atom. The normalized spacial score (nSPS) is 18.4. The summed E-state index contributed by atoms with van der Waals surface area (Å²) < 4.78 is 60.1. The van der Waals surface area contributed by atoms with Crippen LogP contribution in [0, 0.1) is 23.5 Å². The van der Waals surface area contributed by atoms with E-state index in [9.17, 15) is 37.1 Å². The molecule has 5 N–H and O–H groups in total. The number of carboxylic acids is 1. The molecule has 282 valence electrons. The summed E-state index contributed by atoms with van der Waals surface area (Å²) in [6.07, 6.45) is 6.13. The van der Waals surface area contributed by atoms with Crippen molar-refractivity contribution in [3.8, 4) is 17.0 Å². The second kappa shape index (κ2) is 16.2. The number of aryl methyl sites for hydroxylation is 1. The number of aromatic nitrogens is 3. The molecule has 0 bridgehead atoms. The third kappa shape index (κ3) is 8.36. The summed E-state index contributed by atoms with van der Waals surface area (Å²) in [7, 11) is 0. The summed E-state index contributed by atoms with van der Waals surface area (Å²) in [6.45, 7) is 3.50. The maximum absolute atomic E-state index is 14.9. The van der Waals surface area contributed by atoms with Gasteiger partial charge < -0.3 is 36.0 Å². The fourth-order valence-corrected chi connectivity index (χ4v) is 6.77. The number of fused-ring (bicyclic) bond motifs is 1. The Labute approximate surface area is 302 Å². The number of piperidine rings is 1. The predicted molar refractivity (Wildman–Crippen MR) is 186 cm³/mol. The zero-order valence-electron chi connectivity index (χ0n) is 29.0. The molecule has 2 aromatic carbocycles. The number of carbonyl (C=O) groups is 3. The van der Waals surface area contributed by atoms with Gasteiger partial charge in [0.2, 0.25) is 11.7 Å². The van der Waals surface area contributed by atoms with Gasteiger partial charge in [-0.1, -0.05) is 6.92 Å². The van der Waals surface area contributed by atoms with Crippen molar-refractivity contribution in [1.82, 2.24) is 35.2 Å². The predicted octanol–water partition coefficient (Wildman–Crippen LogP) is 4.20. The second-order valence-corrected chi connectivity index (χ2v) is 13.3. The van der Waals surface area contributed by atoms with Gasteiger partial charge in [-0.25, -0.2) is 14.4 Å². The lowest BCUT2D eigenvalue weighted by atomic mass is 9.89. The first-order valence-corrected chi connectivity index (χ1v) is 17.4. The van der Waals surface area contributed by atoms with Crippen LogP contribution in [0.1, 0.15) is 42.6 Å². The minimum Gasteiger partial charge on any atom is -0.480 e. The van der Waals surface area contributed by atoms with Crippen LogP contribution in [0.4, 0.5) is 29.1 Å². The molecule has 2 saturated heterocycles. The molecule has 0 radical (unpaired) electrons. The van der Waals surface area contributed by atoms with Crippen LogP contribution < -0.4 is 26.0 Å². The van der Waals surface area contributed by atoms with E-state index in [0.717, 1.165) is 30.8 Å². The van der Waals surface area contributed by atoms with E-state index < -0.39 is 36.0 Å². The molecular formula is C36H40F4N8O5. The van der Waals surface area contributed by atoms with Crippen LogP contribution in [0.15, 0.2) is 48.9 Å². The Bertz CT molecular complexity index is 1990. The first-order chi connectivity index (χ1) is 25.4. The van der Waals surface area contributed by atoms with Crippen LogP contribution in [0.2, 0.25) is 0 Å². The fraction of sp³-hybridized carbons (Fsp3) is 0.417. The lowest BCUT2D eigenvalue weighted by Crippen LogP contribution is -2.61. The quantitative estimate of drug-likeness (QED) is 0.119. The number of carbonyl (C=O) groups excluding carboxylic acids is 2. The number of aliphatic carboxylic acids is 1. The van der Waals surface area contributed by atoms with E-state index in [1.165, 1.54) is 23.0 Å². The van der Waals surface area contributed by atoms with Crippen molar-refractivity contribution < 1.29 is 41.8 Å². The molecule has 3 atom stereocenters. The van der Waals surface area contributed by atoms with Crippen molar-refractivity contribution >= 4 is 34.9 Å². The van der Waals surface area contributed by atoms with Gasteiger partial charge in [0, 0.05) is 66.7 Å². The van der Waals surface area contributed by atoms with Crippen LogP contribution >= 0.6 is 0 Å². The number of amides is 2. The Hall–Kier alpha value is -5.29. The average Bonchev–Trinajstić information content (AvgIpc) is 3.55. The van der Waals surface area contributed by atoms with E-state index in [-0.39, 0.29) is 59.0 Å². The van der Waals surface area contributed by atoms with Crippen molar-refractivity contribution in [2.45, 2.75) is 51.8 Å². The number of likely N-dealkylation sites (tertiary alicyclic amines) is 1. The monoisotopic (exact) mass is 740 g/mol. The van der Waals surface area contributed by atoms with E-state index in [1.54, 1.807) is 18.2 Å². The lowest BCUT2D eigenvalue weighted by Gasteiger charge is -2.40. The summed E-state index contributed by atoms with van der Waals surface area (Å²) in [5, 5.41) is 21.3. The molecule has 17 heteroatoms. The maximum Gasteiger partial charge on any atom is 0.387 e. The van der Waals surface area contributed by atoms with Gasteiger partial charge in [-0.2, -0.15) is 13.2 Å². The minimum atomic E-state index is -3.32. The maximum atomic E-state index is 14.9. The van der Waals surface area contributed by atoms with E-state index in [4.69, 9.17) is 0 Å². The number of hydrogen-bond acceptors (Lipinski definition) is 9. The van der Waals surface area contributed by atoms with E-state index in [1.807, 2.05) is 13.8 Å². The highest BCUT2D eigenvalue weighted by molar-refractivity contribution is 5.96. The third-order valence-electron chi connectivity index (χ3n) is 9.71. The van der Waals surface area contributed by atoms with Crippen LogP contribution in [0.25, 0.3) is 16.9 Å². The molecular weight excluding hydrogens is 700 g/mol. The van der Waals surface area contributed by atoms with Gasteiger partial charge in [0.25, 0.3) is 5.91 Å². The average molecular weight is 741 g/mol. The van der Waals surface area contributed by atoms with Crippen molar-refractivity contribution in [1.29, 1.82) is 0 Å². The molecule has 0 aliphatic carbocycles. The molecule has 2 unspecified atom stereocenters. The highest BCUT2D eigenvalue weighted by Crippen LogP contribution is 2.32. The van der Waals surface area contributed by atoms with Crippen LogP contribution in [0.3, 0.4) is 0 Å². The zero-order valence-corrected chi connectivity index (χ0v) is 29.0. The Balaban J connectivity index is 1.03. The summed E-state index contributed by atoms with van der Waals surface area (Å²) in [4.78, 5) is 48.3. The number of imidazole rings is 1. The van der Waals surface area contributed by atoms with Crippen molar-refractivity contribution in [2.75, 3.05) is 38.0 Å². The summed E-state index contributed by atoms with van der Waals surface area (Å²) >= 11 is 0. The first kappa shape index (κ1) is 37.5. The number of ether oxygens (including phenoxy) is 1. The molecule has 2 amide bonds. The number of carboxylic acid groups (broad SMARTS) is 1. The van der Waals surface area contributed by atoms with Crippen LogP contribution in [-0.4, -0.2) is 93.6 Å². The SMILES string of the molecule is CCc1cc(Nc2nccn3c(-c4ccc(OC(F)F)c(F)c4F)cnc23)ccc1C(=O)N[C@@H](C)CNC(=O)C1CCN(CC2CNC2C(=O)O)CC1. The smallest absolute Gasteiger partial charge is 0.387 e. The van der Waals surface area contributed by atoms with Gasteiger partial charge in [-0.05, 0) is 75.2 Å². The molecule has 4 heterocycles. The Morgan fingerprint density at radius 3 is 2.55 bits per heavy atom. The standard InChI is InChI=1S/C36H40F4N8O5/c1-3-20-14-23(46-31-32-43-17-26(48(32)13-10-41-31)25-6-7-27(53-36(39)40)29(38)28(25)37)4-5-24(20)34(50)45-19(2)15-44-33(49)21-8-11-47(12-9-21)18-22-16-42-30(22)35(51)52/h4-7,10,13-14,17,19,21-22,30,36,42H,3,8-9,11-12,15-16,18H2,1-2H3,(H,41,46)(H,44,49)(H,45,50)(H,51,52)/t19-,22?,30?/m0/s1. The number of hydrogen-bond donors (Lipinski definition) is 5. The molecule has 2 aromatic heterocycles. The van der Waals surface area contributed by atoms with E-state index in [0.29, 0.717) is 43.6 Å². The van der Waals surface area contributed by atoms with Gasteiger partial charge >= 0.3 is 12.6 Å². The highest BCUT2D eigenvalue weighted by Gasteiger charge is 2.38. The number of benzene rings is 2. The number of alkyl halides is 2. The molecule has 0 saturated carbocycles. The largest absolute Gasteiger partial charge is 0.480 e. The van der Waals surface area contributed by atoms with Gasteiger partial charge in [0.05, 0.1) is 11.9 Å². The highest BCUT2D eigenvalue weighted by atomic mass is 19.3. The molecule has 13 nitrogen and oxygen atoms in total. The summed E-state index contributed by atoms with van der Waals surface area (Å²) in [5.74, 6) is -4.81. The first-order valence-electron chi connectivity index (χ1n) is 17.4. The molecule has 2 fully saturated rings. The van der Waals surface area contributed by atoms with Crippen molar-refractivity contribution in [3.05, 3.63) is 71.7 Å². The Kier molecular flexibility index (Phi) is 11.4. The lowest BCUT2D eigenvalue weighted by molar-refractivity contribution is -0.144. The number of rotatable bonds is 14. The molecule has 6 rings (SSSR count). The van der Waals surface area contributed by atoms with Crippen molar-refractivity contribution in [3.63, 3.8) is 0 Å². The van der Waals surface area contributed by atoms with Crippen LogP contribution in [-0.2, 0) is 16.0 Å². The molecule has 2 aliphatic rings. The molecule has 4 aromatic rings. The van der Waals surface area contributed by atoms with Gasteiger partial charge in [0.1, 0.15) is 6.04 Å². The van der Waals surface area contributed by atoms with E-state index in [2.05, 4.69) is 40.9 Å². The van der Waals surface area contributed by atoms with Gasteiger partial charge in [0.15, 0.2) is 23.0 Å². The summed E-state index contributed by atoms with van der Waals surface area (Å²) in [5.41, 5.74) is 1.99. The second-order valence-electron chi connectivity index (χ2n) is 13.3. The minimum absolute atomic E-state index is 0.0629. The number of nitrogens with one attached hydrogen (secondary N) is 4. The van der Waals surface area contributed by atoms with E-state index >= 15 is 0 Å².